The van der Waals surface area contributed by atoms with E-state index in [-0.39, 0.29) is 17.9 Å². The fraction of sp³-hybridized carbons (Fsp3) is 0.150. The largest absolute Gasteiger partial charge is 0.497 e. The summed E-state index contributed by atoms with van der Waals surface area (Å²) in [5.41, 5.74) is 1.95. The molecule has 0 fully saturated rings. The Morgan fingerprint density at radius 3 is 2.59 bits per heavy atom. The maximum atomic E-state index is 12.2. The summed E-state index contributed by atoms with van der Waals surface area (Å²) >= 11 is 1.42. The smallest absolute Gasteiger partial charge is 0.251 e. The first kappa shape index (κ1) is 18.7. The number of amides is 1. The van der Waals surface area contributed by atoms with Crippen LogP contribution in [-0.4, -0.2) is 23.0 Å². The first-order valence-electron chi connectivity index (χ1n) is 8.33. The zero-order valence-corrected chi connectivity index (χ0v) is 15.6. The van der Waals surface area contributed by atoms with E-state index in [1.807, 2.05) is 30.3 Å². The van der Waals surface area contributed by atoms with Crippen molar-refractivity contribution in [1.29, 1.82) is 0 Å². The molecule has 1 aromatic heterocycles. The van der Waals surface area contributed by atoms with Crippen molar-refractivity contribution in [3.05, 3.63) is 82.3 Å². The van der Waals surface area contributed by atoms with Crippen molar-refractivity contribution in [3.8, 4) is 5.75 Å². The van der Waals surface area contributed by atoms with Crippen molar-refractivity contribution >= 4 is 23.4 Å². The molecular formula is C20H19N3O3S. The predicted octanol–water partition coefficient (Wildman–Crippen LogP) is 3.25. The maximum absolute atomic E-state index is 12.2. The van der Waals surface area contributed by atoms with E-state index in [1.54, 1.807) is 31.4 Å². The molecule has 0 aliphatic carbocycles. The van der Waals surface area contributed by atoms with Gasteiger partial charge in [0.2, 0.25) is 5.91 Å². The minimum Gasteiger partial charge on any atom is -0.497 e. The molecule has 0 saturated carbocycles. The fourth-order valence-corrected chi connectivity index (χ4v) is 3.26. The Bertz CT molecular complexity index is 956. The van der Waals surface area contributed by atoms with Crippen LogP contribution in [-0.2, 0) is 17.0 Å². The van der Waals surface area contributed by atoms with Gasteiger partial charge in [0, 0.05) is 17.5 Å². The summed E-state index contributed by atoms with van der Waals surface area (Å²) in [6.07, 6.45) is 0.0227. The standard InChI is InChI=1S/C20H19N3O3S/c1-26-17-9-7-15(8-10-17)21-18(24)11-16-12-19(25)23-20(22-16)27-13-14-5-3-2-4-6-14/h2-10,12H,11,13H2,1H3,(H,21,24)(H,22,23,25). The molecular weight excluding hydrogens is 362 g/mol. The number of H-pyrrole nitrogens is 1. The van der Waals surface area contributed by atoms with Crippen molar-refractivity contribution in [2.24, 2.45) is 0 Å². The number of benzene rings is 2. The van der Waals surface area contributed by atoms with Crippen LogP contribution in [0.15, 0.2) is 70.6 Å². The van der Waals surface area contributed by atoms with Gasteiger partial charge in [0.05, 0.1) is 19.2 Å². The number of hydrogen-bond donors (Lipinski definition) is 2. The molecule has 0 aliphatic heterocycles. The number of ether oxygens (including phenoxy) is 1. The Labute approximate surface area is 161 Å². The third kappa shape index (κ3) is 5.72. The molecule has 0 spiro atoms. The SMILES string of the molecule is COc1ccc(NC(=O)Cc2cc(=O)[nH]c(SCc3ccccc3)n2)cc1. The second-order valence-electron chi connectivity index (χ2n) is 5.77. The van der Waals surface area contributed by atoms with Crippen LogP contribution >= 0.6 is 11.8 Å². The van der Waals surface area contributed by atoms with Crippen LogP contribution in [0.3, 0.4) is 0 Å². The van der Waals surface area contributed by atoms with Crippen molar-refractivity contribution < 1.29 is 9.53 Å². The Kier molecular flexibility index (Phi) is 6.27. The van der Waals surface area contributed by atoms with Crippen molar-refractivity contribution in [3.63, 3.8) is 0 Å². The number of carbonyl (C=O) groups excluding carboxylic acids is 1. The van der Waals surface area contributed by atoms with Gasteiger partial charge in [-0.05, 0) is 29.8 Å². The van der Waals surface area contributed by atoms with E-state index in [9.17, 15) is 9.59 Å². The number of nitrogens with zero attached hydrogens (tertiary/aromatic N) is 1. The molecule has 0 atom stereocenters. The molecule has 7 heteroatoms. The van der Waals surface area contributed by atoms with E-state index < -0.39 is 0 Å². The summed E-state index contributed by atoms with van der Waals surface area (Å²) in [5, 5.41) is 3.28. The molecule has 2 N–H and O–H groups in total. The predicted molar refractivity (Wildman–Crippen MR) is 106 cm³/mol. The molecule has 0 bridgehead atoms. The average molecular weight is 381 g/mol. The summed E-state index contributed by atoms with van der Waals surface area (Å²) in [5.74, 6) is 1.16. The molecule has 1 amide bonds. The normalized spacial score (nSPS) is 10.4. The molecule has 27 heavy (non-hydrogen) atoms. The number of rotatable bonds is 7. The van der Waals surface area contributed by atoms with Gasteiger partial charge in [0.15, 0.2) is 5.16 Å². The number of methoxy groups -OCH3 is 1. The minimum absolute atomic E-state index is 0.0227. The Balaban J connectivity index is 1.62. The van der Waals surface area contributed by atoms with Crippen LogP contribution in [0.2, 0.25) is 0 Å². The molecule has 1 heterocycles. The zero-order valence-electron chi connectivity index (χ0n) is 14.8. The van der Waals surface area contributed by atoms with Gasteiger partial charge in [-0.25, -0.2) is 4.98 Å². The van der Waals surface area contributed by atoms with Crippen LogP contribution in [0.1, 0.15) is 11.3 Å². The lowest BCUT2D eigenvalue weighted by atomic mass is 10.2. The highest BCUT2D eigenvalue weighted by Gasteiger charge is 2.09. The number of aromatic nitrogens is 2. The van der Waals surface area contributed by atoms with Gasteiger partial charge in [0.25, 0.3) is 5.56 Å². The van der Waals surface area contributed by atoms with E-state index in [4.69, 9.17) is 4.74 Å². The van der Waals surface area contributed by atoms with Gasteiger partial charge < -0.3 is 15.0 Å². The van der Waals surface area contributed by atoms with Gasteiger partial charge in [-0.3, -0.25) is 9.59 Å². The van der Waals surface area contributed by atoms with Crippen molar-refractivity contribution in [2.45, 2.75) is 17.3 Å². The number of nitrogens with one attached hydrogen (secondary N) is 2. The van der Waals surface area contributed by atoms with Crippen LogP contribution in [0.4, 0.5) is 5.69 Å². The van der Waals surface area contributed by atoms with E-state index >= 15 is 0 Å². The summed E-state index contributed by atoms with van der Waals surface area (Å²) in [6, 6.07) is 18.3. The topological polar surface area (TPSA) is 84.1 Å². The summed E-state index contributed by atoms with van der Waals surface area (Å²) < 4.78 is 5.09. The minimum atomic E-state index is -0.271. The van der Waals surface area contributed by atoms with Gasteiger partial charge >= 0.3 is 0 Å². The van der Waals surface area contributed by atoms with Gasteiger partial charge in [0.1, 0.15) is 5.75 Å². The van der Waals surface area contributed by atoms with Crippen LogP contribution in [0.5, 0.6) is 5.75 Å². The number of thioether (sulfide) groups is 1. The molecule has 0 aliphatic rings. The molecule has 3 rings (SSSR count). The quantitative estimate of drug-likeness (QED) is 0.485. The Morgan fingerprint density at radius 1 is 1.15 bits per heavy atom. The molecule has 6 nitrogen and oxygen atoms in total. The van der Waals surface area contributed by atoms with E-state index in [2.05, 4.69) is 15.3 Å². The zero-order chi connectivity index (χ0) is 19.1. The number of anilines is 1. The fourth-order valence-electron chi connectivity index (χ4n) is 2.41. The van der Waals surface area contributed by atoms with Gasteiger partial charge in [-0.15, -0.1) is 0 Å². The lowest BCUT2D eigenvalue weighted by Crippen LogP contribution is -2.18. The van der Waals surface area contributed by atoms with Crippen LogP contribution in [0.25, 0.3) is 0 Å². The molecule has 0 unspecified atom stereocenters. The molecule has 0 saturated heterocycles. The lowest BCUT2D eigenvalue weighted by Gasteiger charge is -2.07. The number of carbonyl (C=O) groups is 1. The second-order valence-corrected chi connectivity index (χ2v) is 6.73. The number of aromatic amines is 1. The maximum Gasteiger partial charge on any atom is 0.251 e. The highest BCUT2D eigenvalue weighted by atomic mass is 32.2. The van der Waals surface area contributed by atoms with Gasteiger partial charge in [-0.2, -0.15) is 0 Å². The second kappa shape index (κ2) is 9.05. The number of hydrogen-bond acceptors (Lipinski definition) is 5. The first-order valence-corrected chi connectivity index (χ1v) is 9.32. The third-order valence-corrected chi connectivity index (χ3v) is 4.65. The third-order valence-electron chi connectivity index (χ3n) is 3.71. The highest BCUT2D eigenvalue weighted by Crippen LogP contribution is 2.18. The Morgan fingerprint density at radius 2 is 1.89 bits per heavy atom. The van der Waals surface area contributed by atoms with Gasteiger partial charge in [-0.1, -0.05) is 42.1 Å². The van der Waals surface area contributed by atoms with E-state index in [0.29, 0.717) is 28.0 Å². The van der Waals surface area contributed by atoms with E-state index in [1.165, 1.54) is 17.8 Å². The van der Waals surface area contributed by atoms with E-state index in [0.717, 1.165) is 5.56 Å². The summed E-state index contributed by atoms with van der Waals surface area (Å²) in [7, 11) is 1.58. The molecule has 3 aromatic rings. The molecule has 0 radical (unpaired) electrons. The molecule has 2 aromatic carbocycles. The molecule has 138 valence electrons. The summed E-state index contributed by atoms with van der Waals surface area (Å²) in [4.78, 5) is 31.2. The highest BCUT2D eigenvalue weighted by molar-refractivity contribution is 7.98. The average Bonchev–Trinajstić information content (AvgIpc) is 2.67. The van der Waals surface area contributed by atoms with Crippen molar-refractivity contribution in [1.82, 2.24) is 9.97 Å². The Hall–Kier alpha value is -3.06. The van der Waals surface area contributed by atoms with Crippen LogP contribution in [0, 0.1) is 0 Å². The van der Waals surface area contributed by atoms with Crippen molar-refractivity contribution in [2.75, 3.05) is 12.4 Å². The first-order chi connectivity index (χ1) is 13.1. The monoisotopic (exact) mass is 381 g/mol. The van der Waals surface area contributed by atoms with Crippen LogP contribution < -0.4 is 15.6 Å². The lowest BCUT2D eigenvalue weighted by molar-refractivity contribution is -0.115. The summed E-state index contributed by atoms with van der Waals surface area (Å²) in [6.45, 7) is 0.